The number of halogens is 1. The van der Waals surface area contributed by atoms with Crippen LogP contribution in [-0.2, 0) is 5.41 Å². The van der Waals surface area contributed by atoms with Gasteiger partial charge in [-0.1, -0.05) is 28.8 Å². The lowest BCUT2D eigenvalue weighted by Crippen LogP contribution is -2.33. The minimum absolute atomic E-state index is 0.0466. The van der Waals surface area contributed by atoms with Crippen LogP contribution in [0.1, 0.15) is 56.9 Å². The van der Waals surface area contributed by atoms with Gasteiger partial charge in [0.05, 0.1) is 13.2 Å². The second kappa shape index (κ2) is 6.79. The van der Waals surface area contributed by atoms with Gasteiger partial charge in [-0.2, -0.15) is 0 Å². The van der Waals surface area contributed by atoms with Crippen LogP contribution >= 0.6 is 15.9 Å². The number of hydrogen-bond donors (Lipinski definition) is 1. The van der Waals surface area contributed by atoms with Crippen LogP contribution in [0.4, 0.5) is 0 Å². The zero-order chi connectivity index (χ0) is 15.6. The Morgan fingerprint density at radius 3 is 2.45 bits per heavy atom. The van der Waals surface area contributed by atoms with Crippen molar-refractivity contribution in [1.29, 1.82) is 0 Å². The van der Waals surface area contributed by atoms with Gasteiger partial charge in [-0.3, -0.25) is 0 Å². The van der Waals surface area contributed by atoms with E-state index < -0.39 is 0 Å². The van der Waals surface area contributed by atoms with Gasteiger partial charge in [-0.25, -0.2) is 0 Å². The molecule has 0 bridgehead atoms. The molecule has 2 fully saturated rings. The fraction of sp³-hybridized carbons (Fsp3) is 0.667. The molecular weight excluding hydrogens is 342 g/mol. The summed E-state index contributed by atoms with van der Waals surface area (Å²) in [7, 11) is 1.72. The molecule has 0 aliphatic heterocycles. The van der Waals surface area contributed by atoms with Gasteiger partial charge in [0.2, 0.25) is 0 Å². The Bertz CT molecular complexity index is 520. The number of ether oxygens (including phenoxy) is 2. The number of benzene rings is 1. The Labute approximate surface area is 141 Å². The molecule has 4 heteroatoms. The van der Waals surface area contributed by atoms with Crippen LogP contribution in [0.5, 0.6) is 11.5 Å². The van der Waals surface area contributed by atoms with Crippen molar-refractivity contribution in [2.75, 3.05) is 13.7 Å². The maximum absolute atomic E-state index is 6.42. The lowest BCUT2D eigenvalue weighted by atomic mass is 9.78. The molecule has 0 atom stereocenters. The Morgan fingerprint density at radius 2 is 1.86 bits per heavy atom. The number of rotatable bonds is 5. The largest absolute Gasteiger partial charge is 0.493 e. The van der Waals surface area contributed by atoms with Crippen molar-refractivity contribution in [3.63, 3.8) is 0 Å². The maximum atomic E-state index is 6.42. The van der Waals surface area contributed by atoms with E-state index in [1.807, 2.05) is 6.07 Å². The lowest BCUT2D eigenvalue weighted by Gasteiger charge is -2.32. The normalized spacial score (nSPS) is 21.2. The van der Waals surface area contributed by atoms with E-state index in [1.165, 1.54) is 31.2 Å². The standard InChI is InChI=1S/C18H26BrNO2/c1-21-16-11-13(19)10-15(18(12-20)8-4-5-9-18)17(16)22-14-6-2-3-7-14/h10-11,14H,2-9,12,20H2,1H3. The van der Waals surface area contributed by atoms with E-state index >= 15 is 0 Å². The summed E-state index contributed by atoms with van der Waals surface area (Å²) >= 11 is 3.62. The van der Waals surface area contributed by atoms with Crippen molar-refractivity contribution in [2.24, 2.45) is 5.73 Å². The van der Waals surface area contributed by atoms with Crippen LogP contribution < -0.4 is 15.2 Å². The molecule has 0 spiro atoms. The van der Waals surface area contributed by atoms with Crippen molar-refractivity contribution in [3.05, 3.63) is 22.2 Å². The van der Waals surface area contributed by atoms with E-state index in [-0.39, 0.29) is 5.41 Å². The summed E-state index contributed by atoms with van der Waals surface area (Å²) in [6.07, 6.45) is 9.92. The Morgan fingerprint density at radius 1 is 1.18 bits per heavy atom. The highest BCUT2D eigenvalue weighted by atomic mass is 79.9. The van der Waals surface area contributed by atoms with Crippen molar-refractivity contribution < 1.29 is 9.47 Å². The molecule has 2 aliphatic rings. The highest BCUT2D eigenvalue weighted by Gasteiger charge is 2.38. The number of methoxy groups -OCH3 is 1. The molecule has 0 unspecified atom stereocenters. The molecule has 0 heterocycles. The van der Waals surface area contributed by atoms with Crippen LogP contribution in [0.2, 0.25) is 0 Å². The zero-order valence-electron chi connectivity index (χ0n) is 13.4. The fourth-order valence-corrected chi connectivity index (χ4v) is 4.48. The zero-order valence-corrected chi connectivity index (χ0v) is 15.0. The Hall–Kier alpha value is -0.740. The van der Waals surface area contributed by atoms with Crippen LogP contribution in [0.3, 0.4) is 0 Å². The van der Waals surface area contributed by atoms with E-state index in [9.17, 15) is 0 Å². The first-order valence-corrected chi connectivity index (χ1v) is 9.22. The first-order chi connectivity index (χ1) is 10.7. The van der Waals surface area contributed by atoms with E-state index in [0.29, 0.717) is 12.6 Å². The van der Waals surface area contributed by atoms with E-state index in [1.54, 1.807) is 7.11 Å². The van der Waals surface area contributed by atoms with Gasteiger partial charge in [-0.05, 0) is 50.7 Å². The Kier molecular flexibility index (Phi) is 4.98. The topological polar surface area (TPSA) is 44.5 Å². The molecular formula is C18H26BrNO2. The highest BCUT2D eigenvalue weighted by Crippen LogP contribution is 2.49. The van der Waals surface area contributed by atoms with Gasteiger partial charge in [0, 0.05) is 22.0 Å². The second-order valence-corrected chi connectivity index (χ2v) is 7.62. The third-order valence-electron chi connectivity index (χ3n) is 5.35. The molecule has 0 radical (unpaired) electrons. The molecule has 2 saturated carbocycles. The average Bonchev–Trinajstić information content (AvgIpc) is 3.20. The average molecular weight is 368 g/mol. The predicted molar refractivity (Wildman–Crippen MR) is 92.8 cm³/mol. The van der Waals surface area contributed by atoms with Crippen molar-refractivity contribution >= 4 is 15.9 Å². The molecule has 1 aromatic rings. The molecule has 1 aromatic carbocycles. The summed E-state index contributed by atoms with van der Waals surface area (Å²) in [5, 5.41) is 0. The quantitative estimate of drug-likeness (QED) is 0.829. The van der Waals surface area contributed by atoms with E-state index in [0.717, 1.165) is 41.7 Å². The molecule has 0 saturated heterocycles. The molecule has 3 rings (SSSR count). The predicted octanol–water partition coefficient (Wildman–Crippen LogP) is 4.55. The van der Waals surface area contributed by atoms with Gasteiger partial charge < -0.3 is 15.2 Å². The van der Waals surface area contributed by atoms with Crippen LogP contribution in [-0.4, -0.2) is 19.8 Å². The van der Waals surface area contributed by atoms with Crippen LogP contribution in [0.25, 0.3) is 0 Å². The molecule has 2 aliphatic carbocycles. The number of hydrogen-bond acceptors (Lipinski definition) is 3. The van der Waals surface area contributed by atoms with Crippen LogP contribution in [0, 0.1) is 0 Å². The lowest BCUT2D eigenvalue weighted by molar-refractivity contribution is 0.194. The SMILES string of the molecule is COc1cc(Br)cc(C2(CN)CCCC2)c1OC1CCCC1. The van der Waals surface area contributed by atoms with Gasteiger partial charge in [0.15, 0.2) is 11.5 Å². The molecule has 22 heavy (non-hydrogen) atoms. The molecule has 0 aromatic heterocycles. The summed E-state index contributed by atoms with van der Waals surface area (Å²) in [5.74, 6) is 1.76. The van der Waals surface area contributed by atoms with Gasteiger partial charge in [-0.15, -0.1) is 0 Å². The van der Waals surface area contributed by atoms with Crippen LogP contribution in [0.15, 0.2) is 16.6 Å². The summed E-state index contributed by atoms with van der Waals surface area (Å²) in [4.78, 5) is 0. The van der Waals surface area contributed by atoms with Crippen molar-refractivity contribution in [2.45, 2.75) is 62.9 Å². The van der Waals surface area contributed by atoms with Crippen molar-refractivity contribution in [3.8, 4) is 11.5 Å². The van der Waals surface area contributed by atoms with E-state index in [4.69, 9.17) is 15.2 Å². The number of nitrogens with two attached hydrogens (primary N) is 1. The summed E-state index contributed by atoms with van der Waals surface area (Å²) in [6, 6.07) is 4.21. The third-order valence-corrected chi connectivity index (χ3v) is 5.81. The molecule has 122 valence electrons. The smallest absolute Gasteiger partial charge is 0.165 e. The summed E-state index contributed by atoms with van der Waals surface area (Å²) < 4.78 is 13.1. The third kappa shape index (κ3) is 3.00. The summed E-state index contributed by atoms with van der Waals surface area (Å²) in [5.41, 5.74) is 7.50. The second-order valence-electron chi connectivity index (χ2n) is 6.70. The van der Waals surface area contributed by atoms with E-state index in [2.05, 4.69) is 22.0 Å². The summed E-state index contributed by atoms with van der Waals surface area (Å²) in [6.45, 7) is 0.674. The molecule has 0 amide bonds. The fourth-order valence-electron chi connectivity index (χ4n) is 4.04. The Balaban J connectivity index is 2.04. The van der Waals surface area contributed by atoms with Gasteiger partial charge in [0.25, 0.3) is 0 Å². The van der Waals surface area contributed by atoms with Gasteiger partial charge in [0.1, 0.15) is 0 Å². The molecule has 3 nitrogen and oxygen atoms in total. The van der Waals surface area contributed by atoms with Gasteiger partial charge >= 0.3 is 0 Å². The first-order valence-electron chi connectivity index (χ1n) is 8.43. The minimum atomic E-state index is 0.0466. The monoisotopic (exact) mass is 367 g/mol. The minimum Gasteiger partial charge on any atom is -0.493 e. The van der Waals surface area contributed by atoms with Crippen molar-refractivity contribution in [1.82, 2.24) is 0 Å². The first kappa shape index (κ1) is 16.1. The molecule has 2 N–H and O–H groups in total. The highest BCUT2D eigenvalue weighted by molar-refractivity contribution is 9.10. The maximum Gasteiger partial charge on any atom is 0.165 e.